The summed E-state index contributed by atoms with van der Waals surface area (Å²) in [6.07, 6.45) is 7.28. The highest BCUT2D eigenvalue weighted by molar-refractivity contribution is 7.87. The van der Waals surface area contributed by atoms with Gasteiger partial charge in [-0.05, 0) is 103 Å². The summed E-state index contributed by atoms with van der Waals surface area (Å²) in [7, 11) is -29.9. The maximum Gasteiger partial charge on any atom is 0.296 e. The van der Waals surface area contributed by atoms with Crippen LogP contribution in [0.2, 0.25) is 0 Å². The summed E-state index contributed by atoms with van der Waals surface area (Å²) in [6, 6.07) is 12.0. The lowest BCUT2D eigenvalue weighted by Crippen LogP contribution is -2.28. The molecule has 0 amide bonds. The lowest BCUT2D eigenvalue weighted by Gasteiger charge is -2.23. The third kappa shape index (κ3) is 18.4. The summed E-state index contributed by atoms with van der Waals surface area (Å²) >= 11 is 0. The number of benzene rings is 4. The molecule has 2 heterocycles. The number of hydrogen-bond acceptors (Lipinski definition) is 22. The minimum Gasteiger partial charge on any atom is -0.341 e. The van der Waals surface area contributed by atoms with Crippen LogP contribution in [0.15, 0.2) is 102 Å². The first-order chi connectivity index (χ1) is 39.2. The van der Waals surface area contributed by atoms with Crippen molar-refractivity contribution in [3.8, 4) is 0 Å². The molecule has 8 N–H and O–H groups in total. The van der Waals surface area contributed by atoms with E-state index in [4.69, 9.17) is 0 Å². The molecular formula is C50H62N10O18S6. The topological polar surface area (TPSA) is 434 Å². The van der Waals surface area contributed by atoms with Crippen molar-refractivity contribution in [3.63, 3.8) is 0 Å². The molecular weight excluding hydrogens is 1220 g/mol. The molecule has 6 rings (SSSR count). The minimum atomic E-state index is -5.10. The third-order valence-corrected chi connectivity index (χ3v) is 17.9. The molecule has 0 radical (unpaired) electrons. The van der Waals surface area contributed by atoms with Crippen LogP contribution in [0.1, 0.15) is 113 Å². The quantitative estimate of drug-likeness (QED) is 0.0163. The van der Waals surface area contributed by atoms with Gasteiger partial charge < -0.3 is 20.4 Å². The molecule has 0 spiro atoms. The maximum absolute atomic E-state index is 13.0. The van der Waals surface area contributed by atoms with E-state index in [1.807, 2.05) is 37.5 Å². The molecule has 28 nitrogen and oxygen atoms in total. The van der Waals surface area contributed by atoms with Gasteiger partial charge in [-0.1, -0.05) is 83.7 Å². The second-order valence-electron chi connectivity index (χ2n) is 19.0. The molecule has 2 aromatic heterocycles. The fraction of sp³-hybridized carbons (Fsp3) is 0.360. The summed E-state index contributed by atoms with van der Waals surface area (Å²) in [4.78, 5) is 26.3. The van der Waals surface area contributed by atoms with Crippen molar-refractivity contribution in [2.75, 3.05) is 46.6 Å². The number of rotatable bonds is 30. The predicted molar refractivity (Wildman–Crippen MR) is 309 cm³/mol. The molecule has 4 aromatic carbocycles. The van der Waals surface area contributed by atoms with Gasteiger partial charge in [0, 0.05) is 44.7 Å². The van der Waals surface area contributed by atoms with Gasteiger partial charge in [0.15, 0.2) is 0 Å². The number of nitrogens with zero attached hydrogens (tertiary/aromatic N) is 8. The van der Waals surface area contributed by atoms with Gasteiger partial charge in [0.25, 0.3) is 60.7 Å². The molecule has 0 aliphatic rings. The fourth-order valence-corrected chi connectivity index (χ4v) is 12.1. The van der Waals surface area contributed by atoms with Gasteiger partial charge in [-0.25, -0.2) is 0 Å². The molecule has 0 bridgehead atoms. The van der Waals surface area contributed by atoms with E-state index >= 15 is 0 Å². The molecule has 34 heteroatoms. The fourth-order valence-electron chi connectivity index (χ4n) is 8.29. The zero-order chi connectivity index (χ0) is 62.0. The van der Waals surface area contributed by atoms with Crippen molar-refractivity contribution >= 4 is 108 Å². The van der Waals surface area contributed by atoms with Crippen LogP contribution in [0.25, 0.3) is 12.2 Å². The number of anilines is 6. The molecule has 6 aromatic rings. The lowest BCUT2D eigenvalue weighted by molar-refractivity contribution is 0.477. The standard InChI is InChI=1S/C50H62N10O18S6/c1-5-9-23-59(24-10-6-2)49-55-45(53-48(58-49)52-40-32-39(80(64,65)66)20-22-42(40)82(70,71)72)28-33-13-14-34(43(27-33)83(73,74)75)15-16-35-17-18-37(31-44(35)84(76,77)78)51-47-54-46(56-50(57-47)60(25-11-7-3)26-12-8-4)30-36-29-38(79(61,62)63)19-21-41(36)81(67,68)69/h13-22,27,29,31-32H,5-12,23-26,28,30H2,1-4H3,(H,61,62,63)(H,64,65,66)(H,67,68,69)(H,70,71,72)(H,73,74,75)(H,76,77,78)(H,51,54,56,57)(H,52,53,55,58)/b16-15+. The smallest absolute Gasteiger partial charge is 0.296 e. The van der Waals surface area contributed by atoms with E-state index in [0.29, 0.717) is 51.9 Å². The number of hydrogen-bond donors (Lipinski definition) is 8. The zero-order valence-electron chi connectivity index (χ0n) is 45.6. The third-order valence-electron chi connectivity index (χ3n) is 12.5. The van der Waals surface area contributed by atoms with Crippen LogP contribution in [-0.4, -0.2) is 134 Å². The molecule has 456 valence electrons. The average Bonchev–Trinajstić information content (AvgIpc) is 2.69. The van der Waals surface area contributed by atoms with Crippen LogP contribution in [0, 0.1) is 0 Å². The number of nitrogens with one attached hydrogen (secondary N) is 2. The van der Waals surface area contributed by atoms with E-state index in [-0.39, 0.29) is 69.8 Å². The molecule has 0 aliphatic heterocycles. The Morgan fingerprint density at radius 1 is 0.417 bits per heavy atom. The van der Waals surface area contributed by atoms with E-state index in [0.717, 1.165) is 86.4 Å². The normalized spacial score (nSPS) is 12.6. The molecule has 0 aliphatic carbocycles. The first-order valence-electron chi connectivity index (χ1n) is 25.8. The van der Waals surface area contributed by atoms with Gasteiger partial charge in [0.05, 0.1) is 20.4 Å². The van der Waals surface area contributed by atoms with Crippen molar-refractivity contribution in [3.05, 3.63) is 107 Å². The van der Waals surface area contributed by atoms with Crippen molar-refractivity contribution in [1.82, 2.24) is 29.9 Å². The Balaban J connectivity index is 1.39. The average molecular weight is 1280 g/mol. The summed E-state index contributed by atoms with van der Waals surface area (Å²) < 4.78 is 211. The second-order valence-corrected chi connectivity index (χ2v) is 27.4. The monoisotopic (exact) mass is 1280 g/mol. The highest BCUT2D eigenvalue weighted by Crippen LogP contribution is 2.31. The minimum absolute atomic E-state index is 0.0456. The summed E-state index contributed by atoms with van der Waals surface area (Å²) in [6.45, 7) is 9.64. The van der Waals surface area contributed by atoms with Gasteiger partial charge in [0.2, 0.25) is 23.8 Å². The maximum atomic E-state index is 13.0. The van der Waals surface area contributed by atoms with E-state index in [1.165, 1.54) is 24.3 Å². The van der Waals surface area contributed by atoms with Crippen LogP contribution < -0.4 is 20.4 Å². The van der Waals surface area contributed by atoms with Crippen LogP contribution in [0.5, 0.6) is 0 Å². The first kappa shape index (κ1) is 66.4. The van der Waals surface area contributed by atoms with E-state index in [1.54, 1.807) is 0 Å². The van der Waals surface area contributed by atoms with E-state index < -0.39 is 102 Å². The Labute approximate surface area is 487 Å². The van der Waals surface area contributed by atoms with Crippen LogP contribution in [0.4, 0.5) is 35.2 Å². The summed E-state index contributed by atoms with van der Waals surface area (Å²) in [5, 5.41) is 5.46. The van der Waals surface area contributed by atoms with Gasteiger partial charge in [-0.3, -0.25) is 27.3 Å². The van der Waals surface area contributed by atoms with Crippen LogP contribution in [-0.2, 0) is 73.6 Å². The highest BCUT2D eigenvalue weighted by Gasteiger charge is 2.26. The largest absolute Gasteiger partial charge is 0.341 e. The van der Waals surface area contributed by atoms with Crippen LogP contribution >= 0.6 is 0 Å². The molecule has 0 saturated carbocycles. The Hall–Kier alpha value is -6.70. The van der Waals surface area contributed by atoms with Gasteiger partial charge in [0.1, 0.15) is 26.3 Å². The SMILES string of the molecule is CCCCN(CCCC)c1nc(Cc2cc(S(=O)(=O)O)ccc2S(=O)(=O)O)nc(Nc2ccc(/C=C/c3ccc(Cc4nc(Nc5cc(S(=O)(=O)O)ccc5S(=O)(=O)O)nc(N(CCCC)CCCC)n4)cc3S(=O)(=O)O)c(S(=O)(=O)O)c2)n1. The second kappa shape index (κ2) is 27.6. The molecule has 0 saturated heterocycles. The molecule has 0 unspecified atom stereocenters. The Morgan fingerprint density at radius 2 is 0.833 bits per heavy atom. The highest BCUT2D eigenvalue weighted by atomic mass is 32.2. The summed E-state index contributed by atoms with van der Waals surface area (Å²) in [5.41, 5.74) is -1.11. The molecule has 84 heavy (non-hydrogen) atoms. The van der Waals surface area contributed by atoms with E-state index in [9.17, 15) is 77.8 Å². The Bertz CT molecular complexity index is 3860. The van der Waals surface area contributed by atoms with Gasteiger partial charge in [-0.2, -0.15) is 80.4 Å². The van der Waals surface area contributed by atoms with Crippen molar-refractivity contribution < 1.29 is 77.8 Å². The lowest BCUT2D eigenvalue weighted by atomic mass is 10.1. The van der Waals surface area contributed by atoms with Crippen LogP contribution in [0.3, 0.4) is 0 Å². The van der Waals surface area contributed by atoms with Gasteiger partial charge >= 0.3 is 0 Å². The Kier molecular flexibility index (Phi) is 21.8. The first-order valence-corrected chi connectivity index (χ1v) is 34.5. The zero-order valence-corrected chi connectivity index (χ0v) is 50.5. The molecule has 0 atom stereocenters. The van der Waals surface area contributed by atoms with Gasteiger partial charge in [-0.15, -0.1) is 0 Å². The van der Waals surface area contributed by atoms with Crippen molar-refractivity contribution in [1.29, 1.82) is 0 Å². The number of aromatic nitrogens is 6. The predicted octanol–water partition coefficient (Wildman–Crippen LogP) is 7.19. The summed E-state index contributed by atoms with van der Waals surface area (Å²) in [5.74, 6) is -0.653. The van der Waals surface area contributed by atoms with E-state index in [2.05, 4.69) is 40.5 Å². The molecule has 0 fully saturated rings. The van der Waals surface area contributed by atoms with Crippen molar-refractivity contribution in [2.45, 2.75) is 121 Å². The van der Waals surface area contributed by atoms with Crippen molar-refractivity contribution in [2.24, 2.45) is 0 Å². The number of unbranched alkanes of at least 4 members (excludes halogenated alkanes) is 4. The Morgan fingerprint density at radius 3 is 1.29 bits per heavy atom.